The number of benzene rings is 2. The van der Waals surface area contributed by atoms with Crippen LogP contribution in [0.4, 0.5) is 0 Å². The smallest absolute Gasteiger partial charge is 0.219 e. The predicted molar refractivity (Wildman–Crippen MR) is 78.9 cm³/mol. The van der Waals surface area contributed by atoms with Gasteiger partial charge in [-0.25, -0.2) is 0 Å². The minimum absolute atomic E-state index is 0.226. The van der Waals surface area contributed by atoms with Gasteiger partial charge in [-0.15, -0.1) is 0 Å². The summed E-state index contributed by atoms with van der Waals surface area (Å²) in [6, 6.07) is 15.5. The lowest BCUT2D eigenvalue weighted by Gasteiger charge is -2.08. The topological polar surface area (TPSA) is 56.2 Å². The Balaban J connectivity index is 1.99. The fourth-order valence-electron chi connectivity index (χ4n) is 2.11. The van der Waals surface area contributed by atoms with E-state index >= 15 is 0 Å². The van der Waals surface area contributed by atoms with Crippen LogP contribution in [0.2, 0.25) is 5.02 Å². The van der Waals surface area contributed by atoms with Gasteiger partial charge in [0.15, 0.2) is 11.3 Å². The molecule has 4 heteroatoms. The van der Waals surface area contributed by atoms with E-state index in [9.17, 15) is 4.79 Å². The van der Waals surface area contributed by atoms with Crippen LogP contribution in [0.5, 0.6) is 0 Å². The lowest BCUT2D eigenvalue weighted by atomic mass is 10.0. The molecule has 0 spiro atoms. The van der Waals surface area contributed by atoms with Gasteiger partial charge in [0.05, 0.1) is 11.1 Å². The molecule has 1 atom stereocenters. The first-order chi connectivity index (χ1) is 9.66. The minimum Gasteiger partial charge on any atom is -0.451 e. The molecule has 0 aliphatic carbocycles. The predicted octanol–water partition coefficient (Wildman–Crippen LogP) is 3.97. The van der Waals surface area contributed by atoms with Crippen LogP contribution in [0.1, 0.15) is 22.2 Å². The quantitative estimate of drug-likeness (QED) is 0.741. The SMILES string of the molecule is NC(C(=O)c1cc2cccc(Cl)c2o1)c1ccccc1. The summed E-state index contributed by atoms with van der Waals surface area (Å²) >= 11 is 6.04. The highest BCUT2D eigenvalue weighted by Crippen LogP contribution is 2.28. The van der Waals surface area contributed by atoms with Crippen LogP contribution < -0.4 is 5.73 Å². The minimum atomic E-state index is -0.740. The van der Waals surface area contributed by atoms with Crippen LogP contribution in [-0.4, -0.2) is 5.78 Å². The third-order valence-corrected chi connectivity index (χ3v) is 3.48. The Labute approximate surface area is 120 Å². The van der Waals surface area contributed by atoms with Gasteiger partial charge in [-0.1, -0.05) is 54.1 Å². The van der Waals surface area contributed by atoms with Crippen LogP contribution in [0, 0.1) is 0 Å². The number of hydrogen-bond acceptors (Lipinski definition) is 3. The van der Waals surface area contributed by atoms with Crippen molar-refractivity contribution in [1.29, 1.82) is 0 Å². The van der Waals surface area contributed by atoms with Crippen molar-refractivity contribution < 1.29 is 9.21 Å². The molecule has 0 saturated carbocycles. The summed E-state index contributed by atoms with van der Waals surface area (Å²) in [4.78, 5) is 12.4. The van der Waals surface area contributed by atoms with Gasteiger partial charge in [-0.2, -0.15) is 0 Å². The highest BCUT2D eigenvalue weighted by atomic mass is 35.5. The molecule has 2 N–H and O–H groups in total. The monoisotopic (exact) mass is 285 g/mol. The number of hydrogen-bond donors (Lipinski definition) is 1. The molecule has 0 bridgehead atoms. The lowest BCUT2D eigenvalue weighted by molar-refractivity contribution is 0.0936. The van der Waals surface area contributed by atoms with E-state index < -0.39 is 6.04 Å². The summed E-state index contributed by atoms with van der Waals surface area (Å²) in [5.41, 5.74) is 7.25. The van der Waals surface area contributed by atoms with E-state index in [1.807, 2.05) is 42.5 Å². The van der Waals surface area contributed by atoms with Crippen molar-refractivity contribution in [1.82, 2.24) is 0 Å². The van der Waals surface area contributed by atoms with Crippen LogP contribution in [0.25, 0.3) is 11.0 Å². The zero-order valence-electron chi connectivity index (χ0n) is 10.5. The molecular weight excluding hydrogens is 274 g/mol. The largest absolute Gasteiger partial charge is 0.451 e. The van der Waals surface area contributed by atoms with Crippen LogP contribution in [0.15, 0.2) is 59.0 Å². The van der Waals surface area contributed by atoms with Crippen LogP contribution in [0.3, 0.4) is 0 Å². The Morgan fingerprint density at radius 3 is 2.55 bits per heavy atom. The summed E-state index contributed by atoms with van der Waals surface area (Å²) in [6.45, 7) is 0. The number of halogens is 1. The molecule has 3 aromatic rings. The highest BCUT2D eigenvalue weighted by molar-refractivity contribution is 6.34. The number of ketones is 1. The summed E-state index contributed by atoms with van der Waals surface area (Å²) < 4.78 is 5.54. The normalized spacial score (nSPS) is 12.5. The summed E-state index contributed by atoms with van der Waals surface area (Å²) in [6.07, 6.45) is 0. The molecule has 0 radical (unpaired) electrons. The molecule has 2 aromatic carbocycles. The fourth-order valence-corrected chi connectivity index (χ4v) is 2.33. The maximum absolute atomic E-state index is 12.4. The second-order valence-electron chi connectivity index (χ2n) is 4.52. The number of fused-ring (bicyclic) bond motifs is 1. The van der Waals surface area contributed by atoms with Gasteiger partial charge in [0, 0.05) is 5.39 Å². The van der Waals surface area contributed by atoms with Gasteiger partial charge >= 0.3 is 0 Å². The van der Waals surface area contributed by atoms with E-state index in [1.54, 1.807) is 12.1 Å². The average molecular weight is 286 g/mol. The highest BCUT2D eigenvalue weighted by Gasteiger charge is 2.21. The molecule has 1 aromatic heterocycles. The molecule has 1 unspecified atom stereocenters. The number of carbonyl (C=O) groups is 1. The molecule has 100 valence electrons. The van der Waals surface area contributed by atoms with E-state index in [0.29, 0.717) is 10.6 Å². The van der Waals surface area contributed by atoms with E-state index in [1.165, 1.54) is 0 Å². The first-order valence-electron chi connectivity index (χ1n) is 6.19. The first-order valence-corrected chi connectivity index (χ1v) is 6.57. The molecule has 0 aliphatic heterocycles. The molecule has 0 saturated heterocycles. The molecule has 1 heterocycles. The summed E-state index contributed by atoms with van der Waals surface area (Å²) in [5, 5.41) is 1.27. The van der Waals surface area contributed by atoms with Crippen molar-refractivity contribution in [2.24, 2.45) is 5.73 Å². The van der Waals surface area contributed by atoms with E-state index in [0.717, 1.165) is 10.9 Å². The molecule has 0 amide bonds. The number of rotatable bonds is 3. The first kappa shape index (κ1) is 12.9. The summed E-state index contributed by atoms with van der Waals surface area (Å²) in [7, 11) is 0. The van der Waals surface area contributed by atoms with E-state index in [4.69, 9.17) is 21.8 Å². The number of nitrogens with two attached hydrogens (primary N) is 1. The van der Waals surface area contributed by atoms with E-state index in [-0.39, 0.29) is 11.5 Å². The van der Waals surface area contributed by atoms with Gasteiger partial charge in [0.25, 0.3) is 0 Å². The Morgan fingerprint density at radius 2 is 1.85 bits per heavy atom. The third kappa shape index (κ3) is 2.22. The number of Topliss-reactive ketones (excluding diaryl/α,β-unsaturated/α-hetero) is 1. The van der Waals surface area contributed by atoms with Crippen LogP contribution in [-0.2, 0) is 0 Å². The Hall–Kier alpha value is -2.10. The molecular formula is C16H12ClNO2. The van der Waals surface area contributed by atoms with Gasteiger partial charge in [0.1, 0.15) is 0 Å². The molecule has 3 rings (SSSR count). The Morgan fingerprint density at radius 1 is 1.10 bits per heavy atom. The standard InChI is InChI=1S/C16H12ClNO2/c17-12-8-4-7-11-9-13(20-16(11)12)15(19)14(18)10-5-2-1-3-6-10/h1-9,14H,18H2. The number of carbonyl (C=O) groups excluding carboxylic acids is 1. The van der Waals surface area contributed by atoms with Gasteiger partial charge in [-0.3, -0.25) is 4.79 Å². The Bertz CT molecular complexity index is 765. The average Bonchev–Trinajstić information content (AvgIpc) is 2.92. The van der Waals surface area contributed by atoms with Gasteiger partial charge in [0.2, 0.25) is 5.78 Å². The second-order valence-corrected chi connectivity index (χ2v) is 4.93. The maximum Gasteiger partial charge on any atom is 0.219 e. The number of furan rings is 1. The maximum atomic E-state index is 12.4. The van der Waals surface area contributed by atoms with Crippen molar-refractivity contribution in [2.45, 2.75) is 6.04 Å². The van der Waals surface area contributed by atoms with Crippen molar-refractivity contribution in [2.75, 3.05) is 0 Å². The molecule has 0 aliphatic rings. The third-order valence-electron chi connectivity index (χ3n) is 3.18. The fraction of sp³-hybridized carbons (Fsp3) is 0.0625. The second kappa shape index (κ2) is 5.12. The Kier molecular flexibility index (Phi) is 3.30. The van der Waals surface area contributed by atoms with Gasteiger partial charge in [-0.05, 0) is 17.7 Å². The van der Waals surface area contributed by atoms with Crippen molar-refractivity contribution >= 4 is 28.4 Å². The molecule has 3 nitrogen and oxygen atoms in total. The summed E-state index contributed by atoms with van der Waals surface area (Å²) in [5.74, 6) is -0.0343. The van der Waals surface area contributed by atoms with Crippen molar-refractivity contribution in [3.63, 3.8) is 0 Å². The lowest BCUT2D eigenvalue weighted by Crippen LogP contribution is -2.20. The van der Waals surface area contributed by atoms with Crippen molar-refractivity contribution in [3.8, 4) is 0 Å². The number of para-hydroxylation sites is 1. The van der Waals surface area contributed by atoms with Gasteiger partial charge < -0.3 is 10.2 Å². The molecule has 20 heavy (non-hydrogen) atoms. The zero-order chi connectivity index (χ0) is 14.1. The van der Waals surface area contributed by atoms with E-state index in [2.05, 4.69) is 0 Å². The zero-order valence-corrected chi connectivity index (χ0v) is 11.3. The van der Waals surface area contributed by atoms with Crippen LogP contribution >= 0.6 is 11.6 Å². The van der Waals surface area contributed by atoms with Crippen molar-refractivity contribution in [3.05, 3.63) is 70.9 Å². The molecule has 0 fully saturated rings.